The van der Waals surface area contributed by atoms with Gasteiger partial charge in [0.15, 0.2) is 11.5 Å². The number of rotatable bonds is 1. The molecular formula is C9H10O2S. The first-order chi connectivity index (χ1) is 5.93. The zero-order valence-corrected chi connectivity index (χ0v) is 7.47. The summed E-state index contributed by atoms with van der Waals surface area (Å²) in [5.41, 5.74) is 0. The van der Waals surface area contributed by atoms with Crippen LogP contribution in [0.2, 0.25) is 0 Å². The summed E-state index contributed by atoms with van der Waals surface area (Å²) >= 11 is 1.64. The zero-order valence-electron chi connectivity index (χ0n) is 6.66. The van der Waals surface area contributed by atoms with Crippen LogP contribution in [0.4, 0.5) is 0 Å². The lowest BCUT2D eigenvalue weighted by molar-refractivity contribution is 0.0770. The van der Waals surface area contributed by atoms with E-state index >= 15 is 0 Å². The number of hydrogen-bond acceptors (Lipinski definition) is 3. The second-order valence-corrected chi connectivity index (χ2v) is 4.15. The highest BCUT2D eigenvalue weighted by Crippen LogP contribution is 2.41. The molecular weight excluding hydrogens is 172 g/mol. The Morgan fingerprint density at radius 1 is 1.25 bits per heavy atom. The summed E-state index contributed by atoms with van der Waals surface area (Å²) in [6.07, 6.45) is 2.95. The van der Waals surface area contributed by atoms with Gasteiger partial charge in [-0.1, -0.05) is 0 Å². The molecule has 2 nitrogen and oxygen atoms in total. The molecule has 0 aromatic carbocycles. The molecule has 0 bridgehead atoms. The van der Waals surface area contributed by atoms with Crippen molar-refractivity contribution in [2.24, 2.45) is 5.92 Å². The molecule has 0 amide bonds. The SMILES string of the molecule is c1scc2c1OCC(C1CC1)O2. The zero-order chi connectivity index (χ0) is 7.97. The predicted molar refractivity (Wildman–Crippen MR) is 47.0 cm³/mol. The second kappa shape index (κ2) is 2.39. The van der Waals surface area contributed by atoms with Gasteiger partial charge in [-0.25, -0.2) is 0 Å². The van der Waals surface area contributed by atoms with Crippen molar-refractivity contribution < 1.29 is 9.47 Å². The monoisotopic (exact) mass is 182 g/mol. The Balaban J connectivity index is 1.83. The van der Waals surface area contributed by atoms with Gasteiger partial charge in [-0.05, 0) is 18.8 Å². The largest absolute Gasteiger partial charge is 0.485 e. The average Bonchev–Trinajstić information content (AvgIpc) is 2.84. The van der Waals surface area contributed by atoms with Crippen LogP contribution in [0.25, 0.3) is 0 Å². The van der Waals surface area contributed by atoms with Gasteiger partial charge in [0.2, 0.25) is 0 Å². The van der Waals surface area contributed by atoms with E-state index in [-0.39, 0.29) is 0 Å². The Labute approximate surface area is 75.1 Å². The highest BCUT2D eigenvalue weighted by atomic mass is 32.1. The summed E-state index contributed by atoms with van der Waals surface area (Å²) in [7, 11) is 0. The molecule has 1 unspecified atom stereocenters. The summed E-state index contributed by atoms with van der Waals surface area (Å²) in [5, 5.41) is 4.02. The lowest BCUT2D eigenvalue weighted by Gasteiger charge is -2.24. The lowest BCUT2D eigenvalue weighted by Crippen LogP contribution is -2.30. The lowest BCUT2D eigenvalue weighted by atomic mass is 10.2. The molecule has 1 aliphatic heterocycles. The highest BCUT2D eigenvalue weighted by Gasteiger charge is 2.36. The van der Waals surface area contributed by atoms with Gasteiger partial charge in [0.05, 0.1) is 0 Å². The van der Waals surface area contributed by atoms with Crippen molar-refractivity contribution in [1.82, 2.24) is 0 Å². The van der Waals surface area contributed by atoms with Gasteiger partial charge in [0, 0.05) is 10.8 Å². The molecule has 1 aromatic heterocycles. The van der Waals surface area contributed by atoms with E-state index in [9.17, 15) is 0 Å². The molecule has 1 aliphatic carbocycles. The van der Waals surface area contributed by atoms with E-state index < -0.39 is 0 Å². The maximum atomic E-state index is 5.78. The molecule has 12 heavy (non-hydrogen) atoms. The Hall–Kier alpha value is -0.700. The van der Waals surface area contributed by atoms with E-state index in [1.807, 2.05) is 10.8 Å². The van der Waals surface area contributed by atoms with Crippen molar-refractivity contribution in [3.8, 4) is 11.5 Å². The van der Waals surface area contributed by atoms with Crippen LogP contribution in [0, 0.1) is 5.92 Å². The van der Waals surface area contributed by atoms with Crippen molar-refractivity contribution in [3.05, 3.63) is 10.8 Å². The Bertz CT molecular complexity index is 290. The molecule has 2 heterocycles. The smallest absolute Gasteiger partial charge is 0.172 e. The second-order valence-electron chi connectivity index (χ2n) is 3.41. The Kier molecular flexibility index (Phi) is 1.35. The van der Waals surface area contributed by atoms with Gasteiger partial charge in [-0.2, -0.15) is 0 Å². The van der Waals surface area contributed by atoms with Crippen molar-refractivity contribution >= 4 is 11.3 Å². The third-order valence-corrected chi connectivity index (χ3v) is 3.12. The third-order valence-electron chi connectivity index (χ3n) is 2.42. The van der Waals surface area contributed by atoms with E-state index in [2.05, 4.69) is 0 Å². The summed E-state index contributed by atoms with van der Waals surface area (Å²) in [6.45, 7) is 0.744. The van der Waals surface area contributed by atoms with Crippen LogP contribution < -0.4 is 9.47 Å². The van der Waals surface area contributed by atoms with Gasteiger partial charge in [-0.15, -0.1) is 11.3 Å². The Morgan fingerprint density at radius 3 is 2.92 bits per heavy atom. The normalized spacial score (nSPS) is 27.2. The summed E-state index contributed by atoms with van der Waals surface area (Å²) in [6, 6.07) is 0. The summed E-state index contributed by atoms with van der Waals surface area (Å²) < 4.78 is 11.3. The minimum Gasteiger partial charge on any atom is -0.485 e. The van der Waals surface area contributed by atoms with Gasteiger partial charge in [0.25, 0.3) is 0 Å². The minimum atomic E-state index is 0.326. The molecule has 0 radical (unpaired) electrons. The van der Waals surface area contributed by atoms with Crippen LogP contribution in [-0.2, 0) is 0 Å². The van der Waals surface area contributed by atoms with E-state index in [0.717, 1.165) is 24.0 Å². The number of fused-ring (bicyclic) bond motifs is 1. The van der Waals surface area contributed by atoms with Crippen LogP contribution in [0.15, 0.2) is 10.8 Å². The quantitative estimate of drug-likeness (QED) is 0.663. The van der Waals surface area contributed by atoms with Crippen molar-refractivity contribution in [3.63, 3.8) is 0 Å². The predicted octanol–water partition coefficient (Wildman–Crippen LogP) is 2.30. The van der Waals surface area contributed by atoms with Crippen LogP contribution in [-0.4, -0.2) is 12.7 Å². The van der Waals surface area contributed by atoms with E-state index in [0.29, 0.717) is 6.10 Å². The van der Waals surface area contributed by atoms with Crippen LogP contribution >= 0.6 is 11.3 Å². The fourth-order valence-corrected chi connectivity index (χ4v) is 2.21. The maximum absolute atomic E-state index is 5.78. The minimum absolute atomic E-state index is 0.326. The first-order valence-electron chi connectivity index (χ1n) is 4.29. The van der Waals surface area contributed by atoms with Crippen LogP contribution in [0.1, 0.15) is 12.8 Å². The fourth-order valence-electron chi connectivity index (χ4n) is 1.53. The molecule has 3 rings (SSSR count). The molecule has 0 N–H and O–H groups in total. The molecule has 1 atom stereocenters. The molecule has 1 saturated carbocycles. The molecule has 0 spiro atoms. The average molecular weight is 182 g/mol. The van der Waals surface area contributed by atoms with Gasteiger partial charge >= 0.3 is 0 Å². The van der Waals surface area contributed by atoms with Crippen molar-refractivity contribution in [2.75, 3.05) is 6.61 Å². The number of ether oxygens (including phenoxy) is 2. The Morgan fingerprint density at radius 2 is 2.08 bits per heavy atom. The van der Waals surface area contributed by atoms with Gasteiger partial charge in [-0.3, -0.25) is 0 Å². The number of thiophene rings is 1. The molecule has 1 fully saturated rings. The summed E-state index contributed by atoms with van der Waals surface area (Å²) in [4.78, 5) is 0. The standard InChI is InChI=1S/C9H10O2S/c1-2-6(1)7-3-10-8-4-12-5-9(8)11-7/h4-7H,1-3H2. The molecule has 64 valence electrons. The van der Waals surface area contributed by atoms with Crippen LogP contribution in [0.3, 0.4) is 0 Å². The molecule has 1 aromatic rings. The van der Waals surface area contributed by atoms with Crippen molar-refractivity contribution in [2.45, 2.75) is 18.9 Å². The van der Waals surface area contributed by atoms with Gasteiger partial charge in [0.1, 0.15) is 12.7 Å². The first-order valence-corrected chi connectivity index (χ1v) is 5.23. The van der Waals surface area contributed by atoms with E-state index in [1.54, 1.807) is 11.3 Å². The van der Waals surface area contributed by atoms with E-state index in [4.69, 9.17) is 9.47 Å². The first kappa shape index (κ1) is 6.78. The number of hydrogen-bond donors (Lipinski definition) is 0. The third kappa shape index (κ3) is 1.00. The fraction of sp³-hybridized carbons (Fsp3) is 0.556. The topological polar surface area (TPSA) is 18.5 Å². The van der Waals surface area contributed by atoms with E-state index in [1.165, 1.54) is 12.8 Å². The van der Waals surface area contributed by atoms with Gasteiger partial charge < -0.3 is 9.47 Å². The maximum Gasteiger partial charge on any atom is 0.172 e. The summed E-state index contributed by atoms with van der Waals surface area (Å²) in [5.74, 6) is 2.64. The van der Waals surface area contributed by atoms with Crippen molar-refractivity contribution in [1.29, 1.82) is 0 Å². The van der Waals surface area contributed by atoms with Crippen LogP contribution in [0.5, 0.6) is 11.5 Å². The molecule has 2 aliphatic rings. The molecule has 0 saturated heterocycles. The highest BCUT2D eigenvalue weighted by molar-refractivity contribution is 7.08. The molecule has 3 heteroatoms.